The summed E-state index contributed by atoms with van der Waals surface area (Å²) in [6, 6.07) is 5.79. The molecule has 1 saturated carbocycles. The molecule has 10 heteroatoms. The number of oxazole rings is 1. The molecule has 0 spiro atoms. The molecule has 1 heterocycles. The first-order valence-corrected chi connectivity index (χ1v) is 9.67. The van der Waals surface area contributed by atoms with Crippen molar-refractivity contribution in [2.45, 2.75) is 37.2 Å². The van der Waals surface area contributed by atoms with Crippen LogP contribution in [0.2, 0.25) is 0 Å². The number of hydrogen-bond acceptors (Lipinski definition) is 7. The summed E-state index contributed by atoms with van der Waals surface area (Å²) in [5.41, 5.74) is 0.496. The number of hydrogen-bond donors (Lipinski definition) is 1. The van der Waals surface area contributed by atoms with Crippen molar-refractivity contribution < 1.29 is 27.2 Å². The number of rotatable bonds is 7. The van der Waals surface area contributed by atoms with Crippen molar-refractivity contribution in [1.82, 2.24) is 9.29 Å². The van der Waals surface area contributed by atoms with Crippen molar-refractivity contribution >= 4 is 27.6 Å². The van der Waals surface area contributed by atoms with E-state index in [0.29, 0.717) is 5.69 Å². The molecule has 0 radical (unpaired) electrons. The van der Waals surface area contributed by atoms with Gasteiger partial charge >= 0.3 is 5.97 Å². The van der Waals surface area contributed by atoms with Crippen molar-refractivity contribution in [1.29, 1.82) is 0 Å². The smallest absolute Gasteiger partial charge is 0.360 e. The molecular formula is C17H19N3O6S. The van der Waals surface area contributed by atoms with Gasteiger partial charge in [-0.05, 0) is 37.1 Å². The fourth-order valence-electron chi connectivity index (χ4n) is 2.54. The van der Waals surface area contributed by atoms with E-state index in [1.807, 2.05) is 0 Å². The van der Waals surface area contributed by atoms with Crippen LogP contribution in [0.15, 0.2) is 39.8 Å². The van der Waals surface area contributed by atoms with E-state index in [2.05, 4.69) is 15.0 Å². The lowest BCUT2D eigenvalue weighted by molar-refractivity contribution is -0.114. The average Bonchev–Trinajstić information content (AvgIpc) is 3.36. The lowest BCUT2D eigenvalue weighted by atomic mass is 10.3. The summed E-state index contributed by atoms with van der Waals surface area (Å²) in [4.78, 5) is 26.7. The van der Waals surface area contributed by atoms with E-state index in [4.69, 9.17) is 4.42 Å². The number of nitrogens with zero attached hydrogens (tertiary/aromatic N) is 2. The molecule has 9 nitrogen and oxygen atoms in total. The Labute approximate surface area is 156 Å². The molecular weight excluding hydrogens is 374 g/mol. The average molecular weight is 393 g/mol. The number of ether oxygens (including phenoxy) is 1. The molecule has 1 aromatic carbocycles. The highest BCUT2D eigenvalue weighted by molar-refractivity contribution is 7.89. The Balaban J connectivity index is 1.82. The number of esters is 1. The van der Waals surface area contributed by atoms with E-state index in [9.17, 15) is 18.0 Å². The van der Waals surface area contributed by atoms with Gasteiger partial charge in [0.25, 0.3) is 0 Å². The van der Waals surface area contributed by atoms with Crippen LogP contribution in [0.5, 0.6) is 0 Å². The van der Waals surface area contributed by atoms with Crippen LogP contribution in [0.4, 0.5) is 5.69 Å². The van der Waals surface area contributed by atoms with Crippen molar-refractivity contribution in [3.05, 3.63) is 42.1 Å². The maximum atomic E-state index is 13.0. The summed E-state index contributed by atoms with van der Waals surface area (Å²) in [7, 11) is -2.57. The van der Waals surface area contributed by atoms with Gasteiger partial charge in [-0.1, -0.05) is 0 Å². The summed E-state index contributed by atoms with van der Waals surface area (Å²) >= 11 is 0. The Morgan fingerprint density at radius 2 is 1.96 bits per heavy atom. The molecule has 1 aromatic heterocycles. The molecule has 144 valence electrons. The van der Waals surface area contributed by atoms with Gasteiger partial charge in [-0.2, -0.15) is 4.31 Å². The molecule has 0 aliphatic heterocycles. The van der Waals surface area contributed by atoms with Crippen LogP contribution >= 0.6 is 0 Å². The van der Waals surface area contributed by atoms with Crippen LogP contribution < -0.4 is 5.32 Å². The zero-order chi connectivity index (χ0) is 19.6. The zero-order valence-electron chi connectivity index (χ0n) is 14.8. The molecule has 0 atom stereocenters. The summed E-state index contributed by atoms with van der Waals surface area (Å²) in [5, 5.41) is 2.59. The van der Waals surface area contributed by atoms with E-state index in [1.54, 1.807) is 0 Å². The summed E-state index contributed by atoms with van der Waals surface area (Å²) in [6.07, 6.45) is 2.63. The topological polar surface area (TPSA) is 119 Å². The van der Waals surface area contributed by atoms with Crippen LogP contribution in [-0.2, 0) is 26.1 Å². The second kappa shape index (κ2) is 7.49. The maximum Gasteiger partial charge on any atom is 0.360 e. The molecule has 0 saturated heterocycles. The van der Waals surface area contributed by atoms with Gasteiger partial charge in [0, 0.05) is 18.7 Å². The van der Waals surface area contributed by atoms with Gasteiger partial charge in [0.1, 0.15) is 6.26 Å². The highest BCUT2D eigenvalue weighted by Gasteiger charge is 2.39. The molecule has 0 bridgehead atoms. The van der Waals surface area contributed by atoms with E-state index < -0.39 is 16.0 Å². The first kappa shape index (κ1) is 19.1. The quantitative estimate of drug-likeness (QED) is 0.712. The molecule has 27 heavy (non-hydrogen) atoms. The molecule has 1 fully saturated rings. The standard InChI is InChI=1S/C17H19N3O6S/c1-11(21)18-12-3-7-14(8-4-12)27(23,24)20(13-5-6-13)9-16-19-15(10-26-16)17(22)25-2/h3-4,7-8,10,13H,5-6,9H2,1-2H3,(H,18,21). The summed E-state index contributed by atoms with van der Waals surface area (Å²) < 4.78 is 37.2. The minimum Gasteiger partial charge on any atom is -0.464 e. The molecule has 0 unspecified atom stereocenters. The number of methoxy groups -OCH3 is 1. The number of benzene rings is 1. The van der Waals surface area contributed by atoms with Gasteiger partial charge in [0.15, 0.2) is 5.69 Å². The van der Waals surface area contributed by atoms with Gasteiger partial charge in [0.2, 0.25) is 21.8 Å². The monoisotopic (exact) mass is 393 g/mol. The van der Waals surface area contributed by atoms with E-state index in [-0.39, 0.29) is 35.0 Å². The van der Waals surface area contributed by atoms with Gasteiger partial charge < -0.3 is 14.5 Å². The minimum atomic E-state index is -3.79. The fraction of sp³-hybridized carbons (Fsp3) is 0.353. The molecule has 3 rings (SSSR count). The van der Waals surface area contributed by atoms with E-state index >= 15 is 0 Å². The van der Waals surface area contributed by atoms with Crippen molar-refractivity contribution in [3.8, 4) is 0 Å². The van der Waals surface area contributed by atoms with Crippen LogP contribution in [0.1, 0.15) is 36.1 Å². The Morgan fingerprint density at radius 3 is 2.52 bits per heavy atom. The Bertz CT molecular complexity index is 947. The molecule has 1 aliphatic carbocycles. The summed E-state index contributed by atoms with van der Waals surface area (Å²) in [6.45, 7) is 1.29. The third-order valence-electron chi connectivity index (χ3n) is 3.97. The van der Waals surface area contributed by atoms with E-state index in [0.717, 1.165) is 19.1 Å². The van der Waals surface area contributed by atoms with Crippen LogP contribution in [0, 0.1) is 0 Å². The van der Waals surface area contributed by atoms with Crippen molar-refractivity contribution in [2.75, 3.05) is 12.4 Å². The number of aromatic nitrogens is 1. The normalized spacial score (nSPS) is 14.2. The fourth-order valence-corrected chi connectivity index (χ4v) is 4.17. The third-order valence-corrected chi connectivity index (χ3v) is 5.89. The van der Waals surface area contributed by atoms with Crippen LogP contribution in [0.25, 0.3) is 0 Å². The predicted octanol–water partition coefficient (Wildman–Crippen LogP) is 1.77. The highest BCUT2D eigenvalue weighted by atomic mass is 32.2. The maximum absolute atomic E-state index is 13.0. The lowest BCUT2D eigenvalue weighted by Gasteiger charge is -2.20. The lowest BCUT2D eigenvalue weighted by Crippen LogP contribution is -2.32. The molecule has 1 aliphatic rings. The number of nitrogens with one attached hydrogen (secondary N) is 1. The Morgan fingerprint density at radius 1 is 1.30 bits per heavy atom. The first-order valence-electron chi connectivity index (χ1n) is 8.23. The Hall–Kier alpha value is -2.72. The van der Waals surface area contributed by atoms with Gasteiger partial charge in [-0.25, -0.2) is 18.2 Å². The van der Waals surface area contributed by atoms with Gasteiger partial charge in [-0.15, -0.1) is 0 Å². The summed E-state index contributed by atoms with van der Waals surface area (Å²) in [5.74, 6) is -0.782. The zero-order valence-corrected chi connectivity index (χ0v) is 15.7. The predicted molar refractivity (Wildman–Crippen MR) is 94.3 cm³/mol. The minimum absolute atomic E-state index is 0.0136. The highest BCUT2D eigenvalue weighted by Crippen LogP contribution is 2.33. The van der Waals surface area contributed by atoms with Gasteiger partial charge in [0.05, 0.1) is 18.6 Å². The SMILES string of the molecule is COC(=O)c1coc(CN(C2CC2)S(=O)(=O)c2ccc(NC(C)=O)cc2)n1. The van der Waals surface area contributed by atoms with Crippen LogP contribution in [-0.4, -0.2) is 42.7 Å². The van der Waals surface area contributed by atoms with Crippen LogP contribution in [0.3, 0.4) is 0 Å². The Kier molecular flexibility index (Phi) is 5.29. The number of anilines is 1. The van der Waals surface area contributed by atoms with Crippen molar-refractivity contribution in [2.24, 2.45) is 0 Å². The second-order valence-corrected chi connectivity index (χ2v) is 8.00. The first-order chi connectivity index (χ1) is 12.8. The van der Waals surface area contributed by atoms with Gasteiger partial charge in [-0.3, -0.25) is 4.79 Å². The number of amides is 1. The third kappa shape index (κ3) is 4.34. The number of carbonyl (C=O) groups excluding carboxylic acids is 2. The number of carbonyl (C=O) groups is 2. The van der Waals surface area contributed by atoms with E-state index in [1.165, 1.54) is 42.6 Å². The molecule has 2 aromatic rings. The number of sulfonamides is 1. The van der Waals surface area contributed by atoms with Crippen molar-refractivity contribution in [3.63, 3.8) is 0 Å². The molecule has 1 amide bonds. The second-order valence-electron chi connectivity index (χ2n) is 6.11. The largest absolute Gasteiger partial charge is 0.464 e. The molecule has 1 N–H and O–H groups in total.